The van der Waals surface area contributed by atoms with E-state index in [4.69, 9.17) is 33.5 Å². The Morgan fingerprint density at radius 1 is 1.19 bits per heavy atom. The number of fused-ring (bicyclic) bond motifs is 1. The van der Waals surface area contributed by atoms with Crippen molar-refractivity contribution in [3.63, 3.8) is 0 Å². The van der Waals surface area contributed by atoms with E-state index >= 15 is 0 Å². The Morgan fingerprint density at radius 3 is 2.50 bits per heavy atom. The van der Waals surface area contributed by atoms with Gasteiger partial charge in [0.1, 0.15) is 11.4 Å². The van der Waals surface area contributed by atoms with E-state index in [-0.39, 0.29) is 5.96 Å². The Kier molecular flexibility index (Phi) is 4.83. The summed E-state index contributed by atoms with van der Waals surface area (Å²) in [6, 6.07) is 12.5. The van der Waals surface area contributed by atoms with Crippen LogP contribution in [0.3, 0.4) is 0 Å². The lowest BCUT2D eigenvalue weighted by Crippen LogP contribution is -2.24. The van der Waals surface area contributed by atoms with E-state index in [1.165, 1.54) is 0 Å². The van der Waals surface area contributed by atoms with Crippen LogP contribution in [-0.4, -0.2) is 16.4 Å². The number of rotatable bonds is 4. The van der Waals surface area contributed by atoms with Gasteiger partial charge in [-0.05, 0) is 35.9 Å². The van der Waals surface area contributed by atoms with Gasteiger partial charge >= 0.3 is 0 Å². The first-order chi connectivity index (χ1) is 12.4. The number of benzene rings is 2. The van der Waals surface area contributed by atoms with Gasteiger partial charge in [0.15, 0.2) is 11.7 Å². The van der Waals surface area contributed by atoms with Gasteiger partial charge in [0.05, 0.1) is 10.5 Å². The molecule has 0 saturated carbocycles. The molecule has 0 spiro atoms. The van der Waals surface area contributed by atoms with Crippen LogP contribution in [0.5, 0.6) is 11.5 Å². The Morgan fingerprint density at radius 2 is 1.88 bits per heavy atom. The van der Waals surface area contributed by atoms with Crippen LogP contribution >= 0.6 is 11.6 Å². The first-order valence-electron chi connectivity index (χ1n) is 7.79. The average molecular weight is 372 g/mol. The third kappa shape index (κ3) is 3.35. The molecule has 134 valence electrons. The third-order valence-corrected chi connectivity index (χ3v) is 4.27. The molecule has 0 atom stereocenters. The normalized spacial score (nSPS) is 10.7. The molecular formula is C18H18ClN5O2. The SMILES string of the molecule is Cn1c(C(=O)N=C(N)N)cc2c(Cl)ccc(Oc3ccc(CN)cc3)c21. The zero-order valence-corrected chi connectivity index (χ0v) is 14.8. The van der Waals surface area contributed by atoms with Gasteiger partial charge in [0, 0.05) is 19.0 Å². The molecule has 0 aliphatic carbocycles. The highest BCUT2D eigenvalue weighted by atomic mass is 35.5. The summed E-state index contributed by atoms with van der Waals surface area (Å²) < 4.78 is 7.64. The second kappa shape index (κ2) is 7.07. The number of carbonyl (C=O) groups is 1. The zero-order chi connectivity index (χ0) is 18.8. The number of amides is 1. The standard InChI is InChI=1S/C18H18ClN5O2/c1-24-14(17(25)23-18(21)22)8-12-13(19)6-7-15(16(12)24)26-11-4-2-10(9-20)3-5-11/h2-8H,9,20H2,1H3,(H4,21,22,23,25). The average Bonchev–Trinajstić information content (AvgIpc) is 2.96. The van der Waals surface area contributed by atoms with Gasteiger partial charge in [-0.2, -0.15) is 4.99 Å². The van der Waals surface area contributed by atoms with Crippen molar-refractivity contribution in [2.45, 2.75) is 6.54 Å². The number of nitrogens with two attached hydrogens (primary N) is 3. The fourth-order valence-electron chi connectivity index (χ4n) is 2.68. The van der Waals surface area contributed by atoms with Crippen LogP contribution in [0.25, 0.3) is 10.9 Å². The molecule has 26 heavy (non-hydrogen) atoms. The van der Waals surface area contributed by atoms with E-state index in [2.05, 4.69) is 4.99 Å². The molecule has 1 heterocycles. The summed E-state index contributed by atoms with van der Waals surface area (Å²) in [6.07, 6.45) is 0. The summed E-state index contributed by atoms with van der Waals surface area (Å²) in [4.78, 5) is 15.8. The molecule has 0 aliphatic heterocycles. The van der Waals surface area contributed by atoms with Gasteiger partial charge in [-0.1, -0.05) is 23.7 Å². The fourth-order valence-corrected chi connectivity index (χ4v) is 2.89. The van der Waals surface area contributed by atoms with Gasteiger partial charge in [-0.15, -0.1) is 0 Å². The summed E-state index contributed by atoms with van der Waals surface area (Å²) in [7, 11) is 1.72. The zero-order valence-electron chi connectivity index (χ0n) is 14.1. The van der Waals surface area contributed by atoms with E-state index in [1.807, 2.05) is 24.3 Å². The smallest absolute Gasteiger partial charge is 0.296 e. The molecule has 0 unspecified atom stereocenters. The van der Waals surface area contributed by atoms with Crippen molar-refractivity contribution in [1.82, 2.24) is 4.57 Å². The minimum atomic E-state index is -0.557. The van der Waals surface area contributed by atoms with Crippen LogP contribution in [0.2, 0.25) is 5.02 Å². The van der Waals surface area contributed by atoms with E-state index in [0.717, 1.165) is 5.56 Å². The lowest BCUT2D eigenvalue weighted by molar-refractivity contribution is 0.0995. The number of nitrogens with zero attached hydrogens (tertiary/aromatic N) is 2. The maximum absolute atomic E-state index is 12.2. The Bertz CT molecular complexity index is 1000. The number of ether oxygens (including phenoxy) is 1. The highest BCUT2D eigenvalue weighted by Crippen LogP contribution is 2.36. The summed E-state index contributed by atoms with van der Waals surface area (Å²) in [5.41, 5.74) is 18.2. The number of hydrogen-bond acceptors (Lipinski definition) is 3. The van der Waals surface area contributed by atoms with Gasteiger partial charge in [-0.25, -0.2) is 0 Å². The molecule has 0 bridgehead atoms. The molecule has 0 aliphatic rings. The van der Waals surface area contributed by atoms with Crippen LogP contribution in [0, 0.1) is 0 Å². The monoisotopic (exact) mass is 371 g/mol. The van der Waals surface area contributed by atoms with Crippen LogP contribution in [0.15, 0.2) is 47.5 Å². The topological polar surface area (TPSA) is 122 Å². The van der Waals surface area contributed by atoms with Crippen molar-refractivity contribution < 1.29 is 9.53 Å². The predicted octanol–water partition coefficient (Wildman–Crippen LogP) is 2.50. The maximum Gasteiger partial charge on any atom is 0.296 e. The van der Waals surface area contributed by atoms with Gasteiger partial charge < -0.3 is 26.5 Å². The van der Waals surface area contributed by atoms with E-state index in [0.29, 0.717) is 39.7 Å². The number of halogens is 1. The summed E-state index contributed by atoms with van der Waals surface area (Å²) >= 11 is 6.29. The van der Waals surface area contributed by atoms with Crippen molar-refractivity contribution in [2.24, 2.45) is 29.2 Å². The van der Waals surface area contributed by atoms with Crippen molar-refractivity contribution in [2.75, 3.05) is 0 Å². The number of hydrogen-bond donors (Lipinski definition) is 3. The Labute approximate surface area is 155 Å². The Hall–Kier alpha value is -3.03. The van der Waals surface area contributed by atoms with Gasteiger partial charge in [0.25, 0.3) is 5.91 Å². The molecule has 6 N–H and O–H groups in total. The molecule has 7 nitrogen and oxygen atoms in total. The first-order valence-corrected chi connectivity index (χ1v) is 8.17. The minimum absolute atomic E-state index is 0.296. The highest BCUT2D eigenvalue weighted by molar-refractivity contribution is 6.36. The molecule has 1 aromatic heterocycles. The number of guanidine groups is 1. The van der Waals surface area contributed by atoms with Crippen molar-refractivity contribution in [3.05, 3.63) is 58.7 Å². The largest absolute Gasteiger partial charge is 0.455 e. The summed E-state index contributed by atoms with van der Waals surface area (Å²) in [5, 5.41) is 1.16. The van der Waals surface area contributed by atoms with Gasteiger partial charge in [-0.3, -0.25) is 4.79 Å². The van der Waals surface area contributed by atoms with Crippen molar-refractivity contribution in [1.29, 1.82) is 0 Å². The number of aromatic nitrogens is 1. The lowest BCUT2D eigenvalue weighted by atomic mass is 10.2. The van der Waals surface area contributed by atoms with Crippen molar-refractivity contribution >= 4 is 34.4 Å². The second-order valence-electron chi connectivity index (χ2n) is 5.69. The second-order valence-corrected chi connectivity index (χ2v) is 6.10. The summed E-state index contributed by atoms with van der Waals surface area (Å²) in [6.45, 7) is 0.458. The molecule has 0 fully saturated rings. The first kappa shape index (κ1) is 17.8. The van der Waals surface area contributed by atoms with E-state index in [9.17, 15) is 4.79 Å². The number of carbonyl (C=O) groups excluding carboxylic acids is 1. The molecule has 1 amide bonds. The third-order valence-electron chi connectivity index (χ3n) is 3.94. The molecule has 0 saturated heterocycles. The molecule has 8 heteroatoms. The van der Waals surface area contributed by atoms with Crippen LogP contribution in [-0.2, 0) is 13.6 Å². The van der Waals surface area contributed by atoms with Crippen LogP contribution < -0.4 is 21.9 Å². The predicted molar refractivity (Wildman–Crippen MR) is 102 cm³/mol. The maximum atomic E-state index is 12.2. The highest BCUT2D eigenvalue weighted by Gasteiger charge is 2.18. The van der Waals surface area contributed by atoms with Crippen molar-refractivity contribution in [3.8, 4) is 11.5 Å². The fraction of sp³-hybridized carbons (Fsp3) is 0.111. The molecule has 0 radical (unpaired) electrons. The quantitative estimate of drug-likeness (QED) is 0.480. The molecular weight excluding hydrogens is 354 g/mol. The molecule has 3 rings (SSSR count). The van der Waals surface area contributed by atoms with Crippen LogP contribution in [0.4, 0.5) is 0 Å². The Balaban J connectivity index is 2.08. The lowest BCUT2D eigenvalue weighted by Gasteiger charge is -2.10. The molecule has 3 aromatic rings. The van der Waals surface area contributed by atoms with E-state index in [1.54, 1.807) is 29.8 Å². The number of aliphatic imine (C=N–C) groups is 1. The minimum Gasteiger partial charge on any atom is -0.455 e. The molecule has 2 aromatic carbocycles. The van der Waals surface area contributed by atoms with Gasteiger partial charge in [0.2, 0.25) is 0 Å². The van der Waals surface area contributed by atoms with Crippen LogP contribution in [0.1, 0.15) is 16.1 Å². The number of aryl methyl sites for hydroxylation is 1. The van der Waals surface area contributed by atoms with E-state index < -0.39 is 5.91 Å². The summed E-state index contributed by atoms with van der Waals surface area (Å²) in [5.74, 6) is 0.334.